The lowest BCUT2D eigenvalue weighted by atomic mass is 9.66. The summed E-state index contributed by atoms with van der Waals surface area (Å²) in [5, 5.41) is 6.44. The lowest BCUT2D eigenvalue weighted by Crippen LogP contribution is -2.61. The van der Waals surface area contributed by atoms with Crippen LogP contribution in [0.5, 0.6) is 0 Å². The molecule has 0 bridgehead atoms. The number of anilines is 2. The highest BCUT2D eigenvalue weighted by Crippen LogP contribution is 2.50. The van der Waals surface area contributed by atoms with Gasteiger partial charge in [0.05, 0.1) is 11.4 Å². The van der Waals surface area contributed by atoms with E-state index in [1.54, 1.807) is 5.01 Å². The van der Waals surface area contributed by atoms with Crippen molar-refractivity contribution < 1.29 is 4.79 Å². The molecular formula is C23H24BrN3O. The number of rotatable bonds is 1. The molecule has 5 rings (SSSR count). The Balaban J connectivity index is 1.63. The van der Waals surface area contributed by atoms with Gasteiger partial charge in [-0.15, -0.1) is 0 Å². The van der Waals surface area contributed by atoms with E-state index in [0.29, 0.717) is 0 Å². The second kappa shape index (κ2) is 6.45. The van der Waals surface area contributed by atoms with Crippen LogP contribution in [0.2, 0.25) is 0 Å². The average molecular weight is 438 g/mol. The van der Waals surface area contributed by atoms with Gasteiger partial charge in [-0.05, 0) is 75.4 Å². The highest BCUT2D eigenvalue weighted by molar-refractivity contribution is 9.10. The third-order valence-corrected chi connectivity index (χ3v) is 7.13. The van der Waals surface area contributed by atoms with E-state index in [-0.39, 0.29) is 11.9 Å². The van der Waals surface area contributed by atoms with Gasteiger partial charge in [0.1, 0.15) is 5.41 Å². The number of halogens is 1. The number of carbonyl (C=O) groups is 1. The molecule has 1 saturated heterocycles. The summed E-state index contributed by atoms with van der Waals surface area (Å²) in [4.78, 5) is 16.4. The van der Waals surface area contributed by atoms with Crippen molar-refractivity contribution >= 4 is 38.9 Å². The largest absolute Gasteiger partial charge is 0.367 e. The highest BCUT2D eigenvalue weighted by Gasteiger charge is 2.59. The van der Waals surface area contributed by atoms with E-state index in [2.05, 4.69) is 46.0 Å². The first kappa shape index (κ1) is 17.9. The van der Waals surface area contributed by atoms with Gasteiger partial charge in [-0.3, -0.25) is 4.79 Å². The minimum atomic E-state index is -0.570. The molecule has 2 atom stereocenters. The smallest absolute Gasteiger partial charge is 0.261 e. The molecule has 0 radical (unpaired) electrons. The number of amides is 1. The number of fused-ring (bicyclic) bond motifs is 4. The predicted molar refractivity (Wildman–Crippen MR) is 117 cm³/mol. The van der Waals surface area contributed by atoms with Gasteiger partial charge in [0.2, 0.25) is 0 Å². The molecule has 2 aromatic carbocycles. The molecule has 0 aliphatic carbocycles. The Morgan fingerprint density at radius 3 is 2.68 bits per heavy atom. The topological polar surface area (TPSA) is 35.9 Å². The lowest BCUT2D eigenvalue weighted by Gasteiger charge is -2.51. The van der Waals surface area contributed by atoms with Gasteiger partial charge in [0.25, 0.3) is 5.91 Å². The molecule has 2 aromatic rings. The molecule has 28 heavy (non-hydrogen) atoms. The summed E-state index contributed by atoms with van der Waals surface area (Å²) in [5.41, 5.74) is 4.93. The first-order chi connectivity index (χ1) is 13.5. The monoisotopic (exact) mass is 437 g/mol. The van der Waals surface area contributed by atoms with Crippen LogP contribution < -0.4 is 9.91 Å². The van der Waals surface area contributed by atoms with Crippen LogP contribution >= 0.6 is 15.9 Å². The maximum atomic E-state index is 13.9. The quantitative estimate of drug-likeness (QED) is 0.623. The fourth-order valence-electron chi connectivity index (χ4n) is 5.20. The van der Waals surface area contributed by atoms with Crippen LogP contribution in [0.1, 0.15) is 37.3 Å². The molecule has 0 unspecified atom stereocenters. The van der Waals surface area contributed by atoms with E-state index >= 15 is 0 Å². The third kappa shape index (κ3) is 2.48. The molecule has 3 heterocycles. The molecule has 144 valence electrons. The maximum absolute atomic E-state index is 13.9. The van der Waals surface area contributed by atoms with E-state index in [1.165, 1.54) is 29.7 Å². The van der Waals surface area contributed by atoms with Gasteiger partial charge in [-0.1, -0.05) is 33.6 Å². The summed E-state index contributed by atoms with van der Waals surface area (Å²) in [5.74, 6) is 0.122. The van der Waals surface area contributed by atoms with Gasteiger partial charge in [-0.25, -0.2) is 0 Å². The molecule has 5 heteroatoms. The van der Waals surface area contributed by atoms with Crippen LogP contribution in [0.4, 0.5) is 11.4 Å². The number of benzene rings is 2. The summed E-state index contributed by atoms with van der Waals surface area (Å²) in [7, 11) is 0. The average Bonchev–Trinajstić information content (AvgIpc) is 2.94. The Morgan fingerprint density at radius 1 is 1.11 bits per heavy atom. The molecular weight excluding hydrogens is 414 g/mol. The molecule has 0 saturated carbocycles. The van der Waals surface area contributed by atoms with Crippen molar-refractivity contribution in [3.8, 4) is 0 Å². The predicted octanol–water partition coefficient (Wildman–Crippen LogP) is 5.08. The number of hydrazone groups is 1. The van der Waals surface area contributed by atoms with E-state index in [0.717, 1.165) is 35.3 Å². The normalized spacial score (nSPS) is 26.3. The second-order valence-corrected chi connectivity index (χ2v) is 9.18. The molecule has 4 nitrogen and oxygen atoms in total. The van der Waals surface area contributed by atoms with Crippen LogP contribution in [-0.2, 0) is 11.2 Å². The number of nitrogens with zero attached hydrogens (tertiary/aromatic N) is 3. The van der Waals surface area contributed by atoms with Crippen molar-refractivity contribution in [2.24, 2.45) is 10.5 Å². The Kier molecular flexibility index (Phi) is 4.13. The van der Waals surface area contributed by atoms with Crippen LogP contribution in [0.3, 0.4) is 0 Å². The summed E-state index contributed by atoms with van der Waals surface area (Å²) >= 11 is 3.62. The van der Waals surface area contributed by atoms with Gasteiger partial charge in [0.15, 0.2) is 0 Å². The minimum absolute atomic E-state index is 0.122. The van der Waals surface area contributed by atoms with Gasteiger partial charge in [-0.2, -0.15) is 10.1 Å². The van der Waals surface area contributed by atoms with Crippen molar-refractivity contribution in [3.05, 3.63) is 58.1 Å². The molecule has 3 aliphatic heterocycles. The zero-order valence-electron chi connectivity index (χ0n) is 16.3. The fourth-order valence-corrected chi connectivity index (χ4v) is 5.61. The highest BCUT2D eigenvalue weighted by atomic mass is 79.9. The summed E-state index contributed by atoms with van der Waals surface area (Å²) in [6, 6.07) is 14.7. The summed E-state index contributed by atoms with van der Waals surface area (Å²) in [6.45, 7) is 5.11. The first-order valence-corrected chi connectivity index (χ1v) is 10.8. The lowest BCUT2D eigenvalue weighted by molar-refractivity contribution is -0.125. The zero-order valence-corrected chi connectivity index (χ0v) is 17.9. The van der Waals surface area contributed by atoms with Crippen molar-refractivity contribution in [2.45, 2.75) is 45.6 Å². The number of hydrogen-bond donors (Lipinski definition) is 0. The second-order valence-electron chi connectivity index (χ2n) is 8.26. The maximum Gasteiger partial charge on any atom is 0.261 e. The van der Waals surface area contributed by atoms with Crippen molar-refractivity contribution in [2.75, 3.05) is 16.5 Å². The van der Waals surface area contributed by atoms with E-state index in [9.17, 15) is 4.79 Å². The Morgan fingerprint density at radius 2 is 1.89 bits per heavy atom. The fraction of sp³-hybridized carbons (Fsp3) is 0.391. The van der Waals surface area contributed by atoms with E-state index in [4.69, 9.17) is 5.10 Å². The summed E-state index contributed by atoms with van der Waals surface area (Å²) in [6.07, 6.45) is 4.10. The van der Waals surface area contributed by atoms with Crippen molar-refractivity contribution in [3.63, 3.8) is 0 Å². The third-order valence-electron chi connectivity index (χ3n) is 6.64. The molecule has 1 amide bonds. The van der Waals surface area contributed by atoms with Crippen LogP contribution in [0, 0.1) is 12.3 Å². The molecule has 0 N–H and O–H groups in total. The molecule has 3 aliphatic rings. The standard InChI is InChI=1S/C23H24BrN3O/c1-15-6-9-19(10-7-15)27-22(28)23(16(2)25-27)14-17-13-18(24)8-11-20(17)26-12-4-3-5-21(23)26/h6-11,13,21H,3-5,12,14H2,1-2H3/t21-,23+/m1/s1. The molecule has 1 fully saturated rings. The van der Waals surface area contributed by atoms with Crippen molar-refractivity contribution in [1.82, 2.24) is 0 Å². The van der Waals surface area contributed by atoms with Crippen LogP contribution in [-0.4, -0.2) is 24.2 Å². The zero-order chi connectivity index (χ0) is 19.5. The van der Waals surface area contributed by atoms with E-state index in [1.807, 2.05) is 31.2 Å². The SMILES string of the molecule is CC1=NN(c2ccc(C)cc2)C(=O)[C@@]12Cc1cc(Br)ccc1N1CCCC[C@@H]12. The Hall–Kier alpha value is -2.14. The van der Waals surface area contributed by atoms with Gasteiger partial charge in [0, 0.05) is 22.7 Å². The van der Waals surface area contributed by atoms with Crippen molar-refractivity contribution in [1.29, 1.82) is 0 Å². The van der Waals surface area contributed by atoms with Crippen LogP contribution in [0.25, 0.3) is 0 Å². The van der Waals surface area contributed by atoms with E-state index < -0.39 is 5.41 Å². The van der Waals surface area contributed by atoms with Gasteiger partial charge >= 0.3 is 0 Å². The molecule has 0 aromatic heterocycles. The summed E-state index contributed by atoms with van der Waals surface area (Å²) < 4.78 is 1.06. The number of piperidine rings is 1. The number of hydrogen-bond acceptors (Lipinski definition) is 3. The van der Waals surface area contributed by atoms with Gasteiger partial charge < -0.3 is 4.90 Å². The Bertz CT molecular complexity index is 984. The van der Waals surface area contributed by atoms with Crippen LogP contribution in [0.15, 0.2) is 52.0 Å². The minimum Gasteiger partial charge on any atom is -0.367 e. The Labute approximate surface area is 174 Å². The molecule has 1 spiro atoms. The number of aryl methyl sites for hydroxylation is 1. The number of carbonyl (C=O) groups excluding carboxylic acids is 1. The first-order valence-electron chi connectivity index (χ1n) is 10.0.